The molecule has 2 rings (SSSR count). The molecule has 1 N–H and O–H groups in total. The van der Waals surface area contributed by atoms with Crippen LogP contribution in [-0.2, 0) is 6.54 Å². The average Bonchev–Trinajstić information content (AvgIpc) is 2.61. The highest BCUT2D eigenvalue weighted by Gasteiger charge is 2.04. The molecule has 0 saturated heterocycles. The second kappa shape index (κ2) is 8.32. The molecule has 0 aliphatic carbocycles. The Morgan fingerprint density at radius 3 is 2.35 bits per heavy atom. The van der Waals surface area contributed by atoms with Crippen LogP contribution in [0.25, 0.3) is 0 Å². The van der Waals surface area contributed by atoms with Gasteiger partial charge in [0.25, 0.3) is 5.91 Å². The molecule has 2 aromatic rings. The fraction of sp³-hybridized carbons (Fsp3) is 0.150. The lowest BCUT2D eigenvalue weighted by atomic mass is 10.1. The van der Waals surface area contributed by atoms with Gasteiger partial charge in [-0.15, -0.1) is 0 Å². The molecule has 2 aromatic carbocycles. The molecule has 23 heavy (non-hydrogen) atoms. The predicted octanol–water partition coefficient (Wildman–Crippen LogP) is 3.00. The van der Waals surface area contributed by atoms with Gasteiger partial charge in [-0.3, -0.25) is 4.79 Å². The first-order valence-electron chi connectivity index (χ1n) is 7.17. The van der Waals surface area contributed by atoms with Gasteiger partial charge >= 0.3 is 0 Å². The highest BCUT2D eigenvalue weighted by Crippen LogP contribution is 2.11. The third-order valence-corrected chi connectivity index (χ3v) is 3.15. The van der Waals surface area contributed by atoms with E-state index < -0.39 is 0 Å². The van der Waals surface area contributed by atoms with E-state index in [1.54, 1.807) is 26.2 Å². The first kappa shape index (κ1) is 16.2. The Labute approximate surface area is 136 Å². The van der Waals surface area contributed by atoms with Crippen molar-refractivity contribution in [3.05, 3.63) is 65.2 Å². The van der Waals surface area contributed by atoms with Gasteiger partial charge in [0.2, 0.25) is 0 Å². The Kier molecular flexibility index (Phi) is 5.86. The van der Waals surface area contributed by atoms with Crippen molar-refractivity contribution in [3.63, 3.8) is 0 Å². The van der Waals surface area contributed by atoms with Crippen molar-refractivity contribution in [2.24, 2.45) is 0 Å². The zero-order valence-corrected chi connectivity index (χ0v) is 13.1. The molecule has 0 fully saturated rings. The van der Waals surface area contributed by atoms with E-state index in [4.69, 9.17) is 4.74 Å². The first-order chi connectivity index (χ1) is 11.2. The van der Waals surface area contributed by atoms with Crippen molar-refractivity contribution in [3.8, 4) is 29.4 Å². The van der Waals surface area contributed by atoms with Crippen molar-refractivity contribution in [1.29, 1.82) is 0 Å². The molecule has 3 heteroatoms. The highest BCUT2D eigenvalue weighted by molar-refractivity contribution is 5.94. The number of hydrogen-bond donors (Lipinski definition) is 1. The van der Waals surface area contributed by atoms with Crippen molar-refractivity contribution in [2.45, 2.75) is 13.5 Å². The lowest BCUT2D eigenvalue weighted by molar-refractivity contribution is 0.0951. The Morgan fingerprint density at radius 2 is 1.74 bits per heavy atom. The van der Waals surface area contributed by atoms with E-state index in [0.717, 1.165) is 16.9 Å². The molecule has 0 aliphatic heterocycles. The largest absolute Gasteiger partial charge is 0.497 e. The minimum absolute atomic E-state index is 0.117. The molecule has 0 heterocycles. The maximum absolute atomic E-state index is 12.1. The van der Waals surface area contributed by atoms with Gasteiger partial charge in [0, 0.05) is 17.7 Å². The molecule has 0 radical (unpaired) electrons. The average molecular weight is 303 g/mol. The summed E-state index contributed by atoms with van der Waals surface area (Å²) in [7, 11) is 1.62. The minimum atomic E-state index is -0.117. The standard InChI is InChI=1S/C20H17NO2/c1-3-4-5-6-16-7-11-18(12-8-16)20(22)21-15-17-9-13-19(23-2)14-10-17/h7-14H,15H2,1-2H3,(H,21,22). The van der Waals surface area contributed by atoms with Gasteiger partial charge in [-0.25, -0.2) is 0 Å². The number of benzene rings is 2. The summed E-state index contributed by atoms with van der Waals surface area (Å²) in [6, 6.07) is 14.7. The third-order valence-electron chi connectivity index (χ3n) is 3.15. The van der Waals surface area contributed by atoms with Crippen molar-refractivity contribution in [2.75, 3.05) is 7.11 Å². The van der Waals surface area contributed by atoms with E-state index in [-0.39, 0.29) is 5.91 Å². The fourth-order valence-corrected chi connectivity index (χ4v) is 1.90. The molecule has 114 valence electrons. The predicted molar refractivity (Wildman–Crippen MR) is 90.9 cm³/mol. The van der Waals surface area contributed by atoms with Gasteiger partial charge in [0.1, 0.15) is 5.75 Å². The zero-order valence-electron chi connectivity index (χ0n) is 13.1. The minimum Gasteiger partial charge on any atom is -0.497 e. The van der Waals surface area contributed by atoms with E-state index in [0.29, 0.717) is 12.1 Å². The van der Waals surface area contributed by atoms with Crippen LogP contribution in [-0.4, -0.2) is 13.0 Å². The van der Waals surface area contributed by atoms with E-state index in [1.165, 1.54) is 0 Å². The molecule has 0 bridgehead atoms. The first-order valence-corrected chi connectivity index (χ1v) is 7.17. The van der Waals surface area contributed by atoms with E-state index in [1.807, 2.05) is 36.4 Å². The van der Waals surface area contributed by atoms with Crippen LogP contribution in [0, 0.1) is 23.7 Å². The number of carbonyl (C=O) groups excluding carboxylic acids is 1. The fourth-order valence-electron chi connectivity index (χ4n) is 1.90. The maximum Gasteiger partial charge on any atom is 0.251 e. The summed E-state index contributed by atoms with van der Waals surface area (Å²) in [5.41, 5.74) is 2.45. The van der Waals surface area contributed by atoms with E-state index in [9.17, 15) is 4.79 Å². The van der Waals surface area contributed by atoms with Gasteiger partial charge in [0.15, 0.2) is 0 Å². The van der Waals surface area contributed by atoms with Crippen LogP contribution in [0.2, 0.25) is 0 Å². The Morgan fingerprint density at radius 1 is 1.04 bits per heavy atom. The number of amides is 1. The second-order valence-corrected chi connectivity index (χ2v) is 4.73. The van der Waals surface area contributed by atoms with Crippen molar-refractivity contribution >= 4 is 5.91 Å². The van der Waals surface area contributed by atoms with Crippen LogP contribution < -0.4 is 10.1 Å². The van der Waals surface area contributed by atoms with Gasteiger partial charge in [0.05, 0.1) is 7.11 Å². The molecule has 3 nitrogen and oxygen atoms in total. The lowest BCUT2D eigenvalue weighted by Gasteiger charge is -2.06. The summed E-state index contributed by atoms with van der Waals surface area (Å²) in [6.07, 6.45) is 0. The molecular formula is C20H17NO2. The van der Waals surface area contributed by atoms with E-state index in [2.05, 4.69) is 29.0 Å². The Balaban J connectivity index is 1.94. The van der Waals surface area contributed by atoms with Gasteiger partial charge in [-0.05, 0) is 60.7 Å². The van der Waals surface area contributed by atoms with Crippen LogP contribution in [0.4, 0.5) is 0 Å². The Bertz CT molecular complexity index is 782. The monoisotopic (exact) mass is 303 g/mol. The maximum atomic E-state index is 12.1. The number of methoxy groups -OCH3 is 1. The lowest BCUT2D eigenvalue weighted by Crippen LogP contribution is -2.22. The zero-order chi connectivity index (χ0) is 16.5. The molecule has 0 unspecified atom stereocenters. The summed E-state index contributed by atoms with van der Waals surface area (Å²) < 4.78 is 5.10. The van der Waals surface area contributed by atoms with Crippen molar-refractivity contribution < 1.29 is 9.53 Å². The second-order valence-electron chi connectivity index (χ2n) is 4.73. The summed E-state index contributed by atoms with van der Waals surface area (Å²) in [4.78, 5) is 12.1. The number of carbonyl (C=O) groups is 1. The molecule has 0 saturated carbocycles. The van der Waals surface area contributed by atoms with Crippen molar-refractivity contribution in [1.82, 2.24) is 5.32 Å². The number of ether oxygens (including phenoxy) is 1. The normalized spacial score (nSPS) is 8.96. The topological polar surface area (TPSA) is 38.3 Å². The summed E-state index contributed by atoms with van der Waals surface area (Å²) in [5, 5.41) is 2.89. The SMILES string of the molecule is CC#CC#Cc1ccc(C(=O)NCc2ccc(OC)cc2)cc1. The van der Waals surface area contributed by atoms with Gasteiger partial charge < -0.3 is 10.1 Å². The molecule has 0 spiro atoms. The molecule has 0 aliphatic rings. The van der Waals surface area contributed by atoms with Crippen LogP contribution >= 0.6 is 0 Å². The van der Waals surface area contributed by atoms with Crippen LogP contribution in [0.1, 0.15) is 28.4 Å². The molecule has 1 amide bonds. The van der Waals surface area contributed by atoms with Crippen LogP contribution in [0.15, 0.2) is 48.5 Å². The van der Waals surface area contributed by atoms with E-state index >= 15 is 0 Å². The summed E-state index contributed by atoms with van der Waals surface area (Å²) >= 11 is 0. The van der Waals surface area contributed by atoms with Crippen LogP contribution in [0.5, 0.6) is 5.75 Å². The quantitative estimate of drug-likeness (QED) is 0.882. The highest BCUT2D eigenvalue weighted by atomic mass is 16.5. The molecule has 0 atom stereocenters. The molecule has 0 aromatic heterocycles. The number of rotatable bonds is 4. The third kappa shape index (κ3) is 4.95. The molecular weight excluding hydrogens is 286 g/mol. The van der Waals surface area contributed by atoms with Crippen LogP contribution in [0.3, 0.4) is 0 Å². The summed E-state index contributed by atoms with van der Waals surface area (Å²) in [5.74, 6) is 11.7. The smallest absolute Gasteiger partial charge is 0.251 e. The van der Waals surface area contributed by atoms with Gasteiger partial charge in [-0.2, -0.15) is 0 Å². The summed E-state index contributed by atoms with van der Waals surface area (Å²) in [6.45, 7) is 2.21. The number of nitrogens with one attached hydrogen (secondary N) is 1. The Hall–Kier alpha value is -3.17. The van der Waals surface area contributed by atoms with Gasteiger partial charge in [-0.1, -0.05) is 24.0 Å². The number of hydrogen-bond acceptors (Lipinski definition) is 2.